The lowest BCUT2D eigenvalue weighted by atomic mass is 9.86. The lowest BCUT2D eigenvalue weighted by molar-refractivity contribution is -0.137. The predicted octanol–water partition coefficient (Wildman–Crippen LogP) is 5.49. The number of nitrogens with one attached hydrogen (secondary N) is 1. The summed E-state index contributed by atoms with van der Waals surface area (Å²) in [7, 11) is 0. The van der Waals surface area contributed by atoms with Crippen molar-refractivity contribution in [2.24, 2.45) is 5.92 Å². The second-order valence-corrected chi connectivity index (χ2v) is 8.96. The van der Waals surface area contributed by atoms with Crippen LogP contribution < -0.4 is 5.32 Å². The number of amides is 2. The summed E-state index contributed by atoms with van der Waals surface area (Å²) < 4.78 is 38.5. The summed E-state index contributed by atoms with van der Waals surface area (Å²) in [4.78, 5) is 27.0. The minimum Gasteiger partial charge on any atom is -0.339 e. The van der Waals surface area contributed by atoms with Crippen LogP contribution >= 0.6 is 0 Å². The topological polar surface area (TPSA) is 49.4 Å². The molecule has 3 rings (SSSR count). The first-order chi connectivity index (χ1) is 14.4. The quantitative estimate of drug-likeness (QED) is 0.697. The minimum atomic E-state index is -4.46. The molecule has 0 spiro atoms. The molecule has 2 amide bonds. The molecule has 1 saturated heterocycles. The van der Waals surface area contributed by atoms with Crippen molar-refractivity contribution >= 4 is 17.5 Å². The molecule has 1 aliphatic rings. The molecular formula is C24H27F3N2O2. The van der Waals surface area contributed by atoms with E-state index in [2.05, 4.69) is 26.1 Å². The van der Waals surface area contributed by atoms with Crippen molar-refractivity contribution in [1.29, 1.82) is 0 Å². The molecule has 4 nitrogen and oxygen atoms in total. The summed E-state index contributed by atoms with van der Waals surface area (Å²) in [5.41, 5.74) is 1.08. The van der Waals surface area contributed by atoms with Gasteiger partial charge < -0.3 is 10.2 Å². The molecule has 0 unspecified atom stereocenters. The van der Waals surface area contributed by atoms with Crippen molar-refractivity contribution in [3.63, 3.8) is 0 Å². The van der Waals surface area contributed by atoms with Crippen LogP contribution in [0.2, 0.25) is 0 Å². The van der Waals surface area contributed by atoms with E-state index in [1.165, 1.54) is 12.1 Å². The Morgan fingerprint density at radius 1 is 0.935 bits per heavy atom. The molecule has 1 fully saturated rings. The van der Waals surface area contributed by atoms with Crippen LogP contribution in [0.1, 0.15) is 55.1 Å². The van der Waals surface area contributed by atoms with Crippen molar-refractivity contribution in [3.8, 4) is 0 Å². The Hall–Kier alpha value is -2.83. The van der Waals surface area contributed by atoms with Crippen LogP contribution in [0.5, 0.6) is 0 Å². The molecule has 1 N–H and O–H groups in total. The first-order valence-electron chi connectivity index (χ1n) is 10.3. The summed E-state index contributed by atoms with van der Waals surface area (Å²) >= 11 is 0. The second kappa shape index (κ2) is 8.73. The van der Waals surface area contributed by atoms with E-state index in [9.17, 15) is 22.8 Å². The van der Waals surface area contributed by atoms with Gasteiger partial charge in [-0.2, -0.15) is 13.2 Å². The second-order valence-electron chi connectivity index (χ2n) is 8.96. The average Bonchev–Trinajstić information content (AvgIpc) is 2.72. The molecule has 0 bridgehead atoms. The minimum absolute atomic E-state index is 0.00685. The number of carbonyl (C=O) groups is 2. The Morgan fingerprint density at radius 2 is 1.55 bits per heavy atom. The monoisotopic (exact) mass is 432 g/mol. The highest BCUT2D eigenvalue weighted by atomic mass is 19.4. The van der Waals surface area contributed by atoms with Crippen LogP contribution in [0.25, 0.3) is 0 Å². The van der Waals surface area contributed by atoms with E-state index in [1.807, 2.05) is 24.3 Å². The van der Waals surface area contributed by atoms with Gasteiger partial charge in [-0.15, -0.1) is 0 Å². The standard InChI is InChI=1S/C24H27F3N2O2/c1-23(2,3)18-9-7-17(8-10-18)22(31)29-13-11-16(12-14-29)21(30)28-20-6-4-5-19(15-20)24(25,26)27/h4-10,15-16H,11-14H2,1-3H3,(H,28,30). The highest BCUT2D eigenvalue weighted by Crippen LogP contribution is 2.31. The number of carbonyl (C=O) groups excluding carboxylic acids is 2. The number of piperidine rings is 1. The van der Waals surface area contributed by atoms with Gasteiger partial charge in [0.1, 0.15) is 0 Å². The SMILES string of the molecule is CC(C)(C)c1ccc(C(=O)N2CCC(C(=O)Nc3cccc(C(F)(F)F)c3)CC2)cc1. The summed E-state index contributed by atoms with van der Waals surface area (Å²) in [5, 5.41) is 2.58. The van der Waals surface area contributed by atoms with Crippen LogP contribution in [-0.2, 0) is 16.4 Å². The zero-order valence-corrected chi connectivity index (χ0v) is 17.9. The van der Waals surface area contributed by atoms with Crippen LogP contribution in [-0.4, -0.2) is 29.8 Å². The number of nitrogens with zero attached hydrogens (tertiary/aromatic N) is 1. The van der Waals surface area contributed by atoms with Crippen molar-refractivity contribution < 1.29 is 22.8 Å². The van der Waals surface area contributed by atoms with Gasteiger partial charge in [-0.1, -0.05) is 39.0 Å². The van der Waals surface area contributed by atoms with E-state index >= 15 is 0 Å². The van der Waals surface area contributed by atoms with E-state index in [0.29, 0.717) is 31.5 Å². The van der Waals surface area contributed by atoms with Crippen molar-refractivity contribution in [2.75, 3.05) is 18.4 Å². The zero-order chi connectivity index (χ0) is 22.8. The Balaban J connectivity index is 1.56. The lowest BCUT2D eigenvalue weighted by Gasteiger charge is -2.31. The summed E-state index contributed by atoms with van der Waals surface area (Å²) in [5.74, 6) is -0.736. The van der Waals surface area contributed by atoms with Gasteiger partial charge in [0.15, 0.2) is 0 Å². The number of hydrogen-bond acceptors (Lipinski definition) is 2. The van der Waals surface area contributed by atoms with Gasteiger partial charge in [-0.25, -0.2) is 0 Å². The molecule has 0 saturated carbocycles. The highest BCUT2D eigenvalue weighted by molar-refractivity contribution is 5.95. The van der Waals surface area contributed by atoms with Gasteiger partial charge in [0.2, 0.25) is 5.91 Å². The van der Waals surface area contributed by atoms with Gasteiger partial charge in [-0.05, 0) is 54.2 Å². The molecule has 1 heterocycles. The average molecular weight is 432 g/mol. The van der Waals surface area contributed by atoms with Crippen LogP contribution in [0.4, 0.5) is 18.9 Å². The van der Waals surface area contributed by atoms with Gasteiger partial charge >= 0.3 is 6.18 Å². The smallest absolute Gasteiger partial charge is 0.339 e. The number of alkyl halides is 3. The van der Waals surface area contributed by atoms with Crippen LogP contribution in [0.15, 0.2) is 48.5 Å². The fraction of sp³-hybridized carbons (Fsp3) is 0.417. The Labute approximate surface area is 180 Å². The molecule has 31 heavy (non-hydrogen) atoms. The van der Waals surface area contributed by atoms with Gasteiger partial charge in [0.05, 0.1) is 5.56 Å². The Morgan fingerprint density at radius 3 is 2.10 bits per heavy atom. The maximum absolute atomic E-state index is 12.8. The zero-order valence-electron chi connectivity index (χ0n) is 17.9. The fourth-order valence-corrected chi connectivity index (χ4v) is 3.66. The van der Waals surface area contributed by atoms with Gasteiger partial charge in [0.25, 0.3) is 5.91 Å². The van der Waals surface area contributed by atoms with Gasteiger partial charge in [0, 0.05) is 30.3 Å². The maximum atomic E-state index is 12.8. The molecular weight excluding hydrogens is 405 g/mol. The summed E-state index contributed by atoms with van der Waals surface area (Å²) in [6, 6.07) is 12.2. The molecule has 2 aromatic rings. The normalized spacial score (nSPS) is 15.6. The molecule has 1 aliphatic heterocycles. The molecule has 0 aromatic heterocycles. The number of rotatable bonds is 3. The number of benzene rings is 2. The van der Waals surface area contributed by atoms with Crippen molar-refractivity contribution in [1.82, 2.24) is 4.90 Å². The van der Waals surface area contributed by atoms with Crippen LogP contribution in [0.3, 0.4) is 0 Å². The molecule has 0 aliphatic carbocycles. The fourth-order valence-electron chi connectivity index (χ4n) is 3.66. The molecule has 0 radical (unpaired) electrons. The molecule has 166 valence electrons. The van der Waals surface area contributed by atoms with E-state index in [-0.39, 0.29) is 28.8 Å². The maximum Gasteiger partial charge on any atom is 0.416 e. The van der Waals surface area contributed by atoms with E-state index in [1.54, 1.807) is 4.90 Å². The number of anilines is 1. The lowest BCUT2D eigenvalue weighted by Crippen LogP contribution is -2.41. The summed E-state index contributed by atoms with van der Waals surface area (Å²) in [6.45, 7) is 7.19. The van der Waals surface area contributed by atoms with E-state index < -0.39 is 11.7 Å². The third kappa shape index (κ3) is 5.66. The van der Waals surface area contributed by atoms with Crippen molar-refractivity contribution in [2.45, 2.75) is 45.2 Å². The molecule has 2 aromatic carbocycles. The largest absolute Gasteiger partial charge is 0.416 e. The predicted molar refractivity (Wildman–Crippen MR) is 114 cm³/mol. The third-order valence-corrected chi connectivity index (χ3v) is 5.61. The number of hydrogen-bond donors (Lipinski definition) is 1. The van der Waals surface area contributed by atoms with Crippen LogP contribution in [0, 0.1) is 5.92 Å². The Bertz CT molecular complexity index is 939. The first kappa shape index (κ1) is 22.8. The number of halogens is 3. The molecule has 7 heteroatoms. The Kier molecular flexibility index (Phi) is 6.43. The third-order valence-electron chi connectivity index (χ3n) is 5.61. The highest BCUT2D eigenvalue weighted by Gasteiger charge is 2.31. The molecule has 0 atom stereocenters. The first-order valence-corrected chi connectivity index (χ1v) is 10.3. The number of likely N-dealkylation sites (tertiary alicyclic amines) is 1. The summed E-state index contributed by atoms with van der Waals surface area (Å²) in [6.07, 6.45) is -3.52. The van der Waals surface area contributed by atoms with E-state index in [4.69, 9.17) is 0 Å². The van der Waals surface area contributed by atoms with Crippen molar-refractivity contribution in [3.05, 3.63) is 65.2 Å². The van der Waals surface area contributed by atoms with E-state index in [0.717, 1.165) is 17.7 Å². The van der Waals surface area contributed by atoms with Gasteiger partial charge in [-0.3, -0.25) is 9.59 Å².